The van der Waals surface area contributed by atoms with E-state index in [1.54, 1.807) is 60.7 Å². The highest BCUT2D eigenvalue weighted by molar-refractivity contribution is 6.40. The number of carboxylic acid groups (broad SMARTS) is 1. The Kier molecular flexibility index (Phi) is 34.9. The third-order valence-corrected chi connectivity index (χ3v) is 18.8. The molecule has 516 valence electrons. The Hall–Kier alpha value is -5.26. The number of carbonyl (C=O) groups is 4. The number of unbranched alkanes of at least 4 members (excludes halogenated alkanes) is 10. The van der Waals surface area contributed by atoms with E-state index in [2.05, 4.69) is 39.8 Å². The van der Waals surface area contributed by atoms with Crippen molar-refractivity contribution in [3.8, 4) is 11.5 Å². The van der Waals surface area contributed by atoms with Gasteiger partial charge in [0.2, 0.25) is 0 Å². The first-order valence-corrected chi connectivity index (χ1v) is 35.7. The van der Waals surface area contributed by atoms with Gasteiger partial charge in [-0.3, -0.25) is 0 Å². The van der Waals surface area contributed by atoms with Crippen molar-refractivity contribution in [1.82, 2.24) is 0 Å². The summed E-state index contributed by atoms with van der Waals surface area (Å²) in [5.74, 6) is 2.42. The van der Waals surface area contributed by atoms with Gasteiger partial charge in [0.1, 0.15) is 42.0 Å². The summed E-state index contributed by atoms with van der Waals surface area (Å²) in [6.07, 6.45) is 26.3. The van der Waals surface area contributed by atoms with Crippen LogP contribution in [0.25, 0.3) is 0 Å². The second-order valence-electron chi connectivity index (χ2n) is 25.5. The number of carboxylic acids is 1. The maximum absolute atomic E-state index is 13.0. The number of aromatic carboxylic acids is 1. The van der Waals surface area contributed by atoms with Gasteiger partial charge in [0, 0.05) is 0 Å². The summed E-state index contributed by atoms with van der Waals surface area (Å²) in [7, 11) is 0. The number of hydrogen-bond donors (Lipinski definition) is 2. The fourth-order valence-corrected chi connectivity index (χ4v) is 13.3. The molecule has 0 unspecified atom stereocenters. The van der Waals surface area contributed by atoms with Crippen molar-refractivity contribution in [1.29, 1.82) is 0 Å². The third kappa shape index (κ3) is 24.7. The van der Waals surface area contributed by atoms with Gasteiger partial charge < -0.3 is 52.8 Å². The van der Waals surface area contributed by atoms with Crippen LogP contribution in [-0.2, 0) is 33.2 Å². The van der Waals surface area contributed by atoms with Crippen molar-refractivity contribution in [2.75, 3.05) is 45.0 Å². The second-order valence-corrected chi connectivity index (χ2v) is 26.3. The average Bonchev–Trinajstić information content (AvgIpc) is 1.70. The average molecular weight is 1330 g/mol. The molecule has 0 radical (unpaired) electrons. The van der Waals surface area contributed by atoms with Crippen LogP contribution in [0.5, 0.6) is 11.5 Å². The fraction of sp³-hybridized carbons (Fsp3) is 0.632. The van der Waals surface area contributed by atoms with Crippen LogP contribution in [0.15, 0.2) is 97.1 Å². The lowest BCUT2D eigenvalue weighted by Crippen LogP contribution is -2.36. The standard InChI is InChI=1S/C37H50O7.C19H26O6.C18H26O2.CH2Cl2.CH4/c1-3-5-7-9-23-40-31-21-19-30(20-22-31)37(39)44-33-25-42-34-32(24-41-35(33)34)43-36(38)29-17-15-28(16-18-29)27-13-11-26(12-14-27)10-8-6-4-2;1-2-3-4-5-10-22-14-8-6-13(7-9-14)19(21)25-16-12-24-17-15(20)11-23-18(16)17;1-2-3-4-5-14-6-8-15(9-7-14)16-10-12-17(13-11-16)18(19)20;2-1-3;/h15-22,26-27,32-35H,3-14,23-25H2,1-2H3;6-9,15-18,20H,2-5,10-12H2,1H3;10-15H,2-9H2,1H3,(H,19,20);1H2;1H4/t26?,27?,32-,33+,34+,35+;15-,16+,17-,18-;;;/m11.../s1. The lowest BCUT2D eigenvalue weighted by atomic mass is 9.77. The number of aliphatic hydroxyl groups is 1. The first-order chi connectivity index (χ1) is 44.9. The first-order valence-electron chi connectivity index (χ1n) is 34.6. The number of benzene rings is 4. The van der Waals surface area contributed by atoms with E-state index < -0.39 is 60.6 Å². The molecule has 2 aliphatic carbocycles. The van der Waals surface area contributed by atoms with Gasteiger partial charge in [-0.15, -0.1) is 23.2 Å². The Morgan fingerprint density at radius 1 is 0.419 bits per heavy atom. The summed E-state index contributed by atoms with van der Waals surface area (Å²) < 4.78 is 51.2. The van der Waals surface area contributed by atoms with Crippen LogP contribution in [0.3, 0.4) is 0 Å². The molecule has 4 aromatic carbocycles. The number of fused-ring (bicyclic) bond motifs is 2. The zero-order chi connectivity index (χ0) is 65.5. The molecule has 2 N–H and O–H groups in total. The van der Waals surface area contributed by atoms with Gasteiger partial charge in [0.05, 0.1) is 67.2 Å². The Morgan fingerprint density at radius 2 is 0.731 bits per heavy atom. The molecule has 17 heteroatoms. The van der Waals surface area contributed by atoms with Crippen molar-refractivity contribution in [2.45, 2.75) is 250 Å². The maximum atomic E-state index is 13.0. The summed E-state index contributed by atoms with van der Waals surface area (Å²) in [5, 5.41) is 18.8. The zero-order valence-corrected chi connectivity index (χ0v) is 56.6. The van der Waals surface area contributed by atoms with Crippen LogP contribution < -0.4 is 9.47 Å². The van der Waals surface area contributed by atoms with E-state index in [0.717, 1.165) is 42.6 Å². The number of halogens is 2. The number of esters is 3. The van der Waals surface area contributed by atoms with Gasteiger partial charge in [0.15, 0.2) is 18.3 Å². The predicted molar refractivity (Wildman–Crippen MR) is 366 cm³/mol. The summed E-state index contributed by atoms with van der Waals surface area (Å²) in [6.45, 7) is 11.1. The van der Waals surface area contributed by atoms with Crippen LogP contribution in [0.4, 0.5) is 0 Å². The molecule has 4 saturated heterocycles. The molecule has 0 aromatic heterocycles. The van der Waals surface area contributed by atoms with E-state index in [1.165, 1.54) is 146 Å². The van der Waals surface area contributed by atoms with Gasteiger partial charge in [-0.1, -0.05) is 149 Å². The molecule has 15 nitrogen and oxygen atoms in total. The third-order valence-electron chi connectivity index (χ3n) is 18.8. The molecule has 6 fully saturated rings. The maximum Gasteiger partial charge on any atom is 0.338 e. The highest BCUT2D eigenvalue weighted by Crippen LogP contribution is 2.40. The molecule has 4 heterocycles. The molecular weight excluding hydrogens is 1220 g/mol. The number of alkyl halides is 2. The molecule has 2 saturated carbocycles. The number of rotatable bonds is 29. The Balaban J connectivity index is 0.000000236. The lowest BCUT2D eigenvalue weighted by Gasteiger charge is -2.29. The van der Waals surface area contributed by atoms with E-state index in [0.29, 0.717) is 47.3 Å². The van der Waals surface area contributed by atoms with Gasteiger partial charge in [-0.05, 0) is 172 Å². The molecule has 10 rings (SSSR count). The molecule has 93 heavy (non-hydrogen) atoms. The van der Waals surface area contributed by atoms with Gasteiger partial charge >= 0.3 is 23.9 Å². The van der Waals surface area contributed by atoms with E-state index in [-0.39, 0.29) is 51.3 Å². The summed E-state index contributed by atoms with van der Waals surface area (Å²) in [6, 6.07) is 29.4. The number of carbonyl (C=O) groups excluding carboxylic acids is 3. The summed E-state index contributed by atoms with van der Waals surface area (Å²) in [4.78, 5) is 49.0. The smallest absolute Gasteiger partial charge is 0.338 e. The molecule has 4 aromatic rings. The van der Waals surface area contributed by atoms with Crippen molar-refractivity contribution in [3.63, 3.8) is 0 Å². The molecule has 4 aliphatic heterocycles. The Bertz CT molecular complexity index is 2730. The van der Waals surface area contributed by atoms with Crippen molar-refractivity contribution < 1.29 is 72.0 Å². The molecule has 6 aliphatic rings. The number of ether oxygens (including phenoxy) is 9. The lowest BCUT2D eigenvalue weighted by molar-refractivity contribution is -0.0287. The van der Waals surface area contributed by atoms with E-state index in [4.69, 9.17) is 70.9 Å². The second kappa shape index (κ2) is 42.3. The van der Waals surface area contributed by atoms with E-state index >= 15 is 0 Å². The first kappa shape index (κ1) is 76.8. The van der Waals surface area contributed by atoms with Crippen molar-refractivity contribution in [2.24, 2.45) is 11.8 Å². The van der Waals surface area contributed by atoms with Crippen molar-refractivity contribution >= 4 is 47.1 Å². The largest absolute Gasteiger partial charge is 0.494 e. The monoisotopic (exact) mass is 1330 g/mol. The Labute approximate surface area is 564 Å². The molecule has 8 atom stereocenters. The predicted octanol–water partition coefficient (Wildman–Crippen LogP) is 17.7. The highest BCUT2D eigenvalue weighted by atomic mass is 35.5. The molecule has 0 bridgehead atoms. The van der Waals surface area contributed by atoms with Crippen LogP contribution in [0, 0.1) is 11.8 Å². The van der Waals surface area contributed by atoms with Crippen molar-refractivity contribution in [3.05, 3.63) is 130 Å². The zero-order valence-electron chi connectivity index (χ0n) is 55.0. The van der Waals surface area contributed by atoms with Gasteiger partial charge in [-0.2, -0.15) is 0 Å². The number of hydrogen-bond acceptors (Lipinski definition) is 14. The minimum Gasteiger partial charge on any atom is -0.494 e. The van der Waals surface area contributed by atoms with Crippen LogP contribution >= 0.6 is 23.2 Å². The van der Waals surface area contributed by atoms with Crippen LogP contribution in [-0.4, -0.2) is 128 Å². The molecular formula is C76H108Cl2O15. The molecule has 0 amide bonds. The SMILES string of the molecule is C.CCCCCC1CCC(c2ccc(C(=O)O)cc2)CC1.CCCCCCOc1ccc(C(=O)O[C@H]2CO[C@@H]3[C@H]2OC[C@H]3OC(=O)c2ccc(C3CCC(CCCCC)CC3)cc2)cc1.CCCCCCOc1ccc(C(=O)O[C@H]2CO[C@H]3[C@@H]2OC[C@H]3O)cc1.ClCCl. The summed E-state index contributed by atoms with van der Waals surface area (Å²) >= 11 is 9.53. The quantitative estimate of drug-likeness (QED) is 0.0226. The molecule has 0 spiro atoms. The van der Waals surface area contributed by atoms with Gasteiger partial charge in [-0.25, -0.2) is 19.2 Å². The van der Waals surface area contributed by atoms with Gasteiger partial charge in [0.25, 0.3) is 0 Å². The highest BCUT2D eigenvalue weighted by Gasteiger charge is 2.52. The summed E-state index contributed by atoms with van der Waals surface area (Å²) in [5.41, 5.74) is 4.45. The topological polar surface area (TPSA) is 192 Å². The Morgan fingerprint density at radius 3 is 1.09 bits per heavy atom. The minimum absolute atomic E-state index is 0. The van der Waals surface area contributed by atoms with Crippen LogP contribution in [0.2, 0.25) is 0 Å². The fourth-order valence-electron chi connectivity index (χ4n) is 13.3. The normalized spacial score (nSPS) is 25.0. The minimum atomic E-state index is -0.837. The number of aliphatic hydroxyl groups excluding tert-OH is 1. The van der Waals surface area contributed by atoms with E-state index in [1.807, 2.05) is 24.3 Å². The van der Waals surface area contributed by atoms with Crippen LogP contribution in [0.1, 0.15) is 254 Å². The van der Waals surface area contributed by atoms with E-state index in [9.17, 15) is 24.3 Å².